The molecule has 0 spiro atoms. The van der Waals surface area contributed by atoms with Crippen LogP contribution in [0.25, 0.3) is 0 Å². The summed E-state index contributed by atoms with van der Waals surface area (Å²) < 4.78 is 5.44. The van der Waals surface area contributed by atoms with Crippen LogP contribution in [-0.2, 0) is 0 Å². The van der Waals surface area contributed by atoms with Gasteiger partial charge in [-0.1, -0.05) is 13.3 Å². The quantitative estimate of drug-likeness (QED) is 0.626. The van der Waals surface area contributed by atoms with Gasteiger partial charge in [-0.25, -0.2) is 15.8 Å². The van der Waals surface area contributed by atoms with Gasteiger partial charge in [-0.2, -0.15) is 0 Å². The maximum atomic E-state index is 5.48. The molecule has 0 saturated carbocycles. The van der Waals surface area contributed by atoms with Crippen molar-refractivity contribution in [3.05, 3.63) is 6.33 Å². The molecule has 1 aromatic heterocycles. The molecule has 0 amide bonds. The molecule has 0 bridgehead atoms. The fourth-order valence-corrected chi connectivity index (χ4v) is 2.77. The zero-order valence-corrected chi connectivity index (χ0v) is 11.7. The van der Waals surface area contributed by atoms with Crippen molar-refractivity contribution in [1.82, 2.24) is 9.97 Å². The summed E-state index contributed by atoms with van der Waals surface area (Å²) in [5.74, 6) is 7.50. The molecular formula is C13H23N5O. The second kappa shape index (κ2) is 6.56. The first-order valence-electron chi connectivity index (χ1n) is 6.94. The Kier molecular flexibility index (Phi) is 4.79. The van der Waals surface area contributed by atoms with E-state index in [0.717, 1.165) is 12.4 Å². The molecular weight excluding hydrogens is 242 g/mol. The molecule has 1 fully saturated rings. The molecule has 1 aromatic rings. The Hall–Kier alpha value is -1.56. The van der Waals surface area contributed by atoms with Crippen molar-refractivity contribution < 1.29 is 4.74 Å². The van der Waals surface area contributed by atoms with E-state index in [9.17, 15) is 0 Å². The van der Waals surface area contributed by atoms with E-state index >= 15 is 0 Å². The minimum absolute atomic E-state index is 0.535. The second-order valence-corrected chi connectivity index (χ2v) is 4.86. The molecule has 2 heterocycles. The standard InChI is InChI=1S/C13H23N5O/c1-3-6-10-7-4-5-8-18(10)13-11(19-2)12(17-14)15-9-16-13/h9-10H,3-8,14H2,1-2H3,(H,15,16,17). The van der Waals surface area contributed by atoms with E-state index in [0.29, 0.717) is 17.6 Å². The predicted molar refractivity (Wildman–Crippen MR) is 76.3 cm³/mol. The Labute approximate surface area is 114 Å². The highest BCUT2D eigenvalue weighted by atomic mass is 16.5. The maximum absolute atomic E-state index is 5.48. The lowest BCUT2D eigenvalue weighted by molar-refractivity contribution is 0.395. The van der Waals surface area contributed by atoms with Gasteiger partial charge in [0, 0.05) is 12.6 Å². The average Bonchev–Trinajstić information content (AvgIpc) is 2.47. The fourth-order valence-electron chi connectivity index (χ4n) is 2.77. The largest absolute Gasteiger partial charge is 0.490 e. The molecule has 0 aromatic carbocycles. The molecule has 1 aliphatic rings. The molecule has 6 heteroatoms. The summed E-state index contributed by atoms with van der Waals surface area (Å²) in [7, 11) is 1.63. The Morgan fingerprint density at radius 1 is 1.47 bits per heavy atom. The van der Waals surface area contributed by atoms with Crippen LogP contribution in [0.2, 0.25) is 0 Å². The molecule has 1 unspecified atom stereocenters. The van der Waals surface area contributed by atoms with Crippen molar-refractivity contribution in [2.75, 3.05) is 24.0 Å². The lowest BCUT2D eigenvalue weighted by atomic mass is 9.98. The number of methoxy groups -OCH3 is 1. The van der Waals surface area contributed by atoms with E-state index in [1.54, 1.807) is 7.11 Å². The van der Waals surface area contributed by atoms with Crippen LogP contribution in [0.1, 0.15) is 39.0 Å². The van der Waals surface area contributed by atoms with Crippen LogP contribution >= 0.6 is 0 Å². The van der Waals surface area contributed by atoms with Gasteiger partial charge < -0.3 is 15.1 Å². The number of nitrogens with one attached hydrogen (secondary N) is 1. The third-order valence-electron chi connectivity index (χ3n) is 3.65. The predicted octanol–water partition coefficient (Wildman–Crippen LogP) is 1.93. The van der Waals surface area contributed by atoms with Crippen LogP contribution in [0.15, 0.2) is 6.33 Å². The summed E-state index contributed by atoms with van der Waals surface area (Å²) in [6, 6.07) is 0.535. The number of hydrazine groups is 1. The zero-order chi connectivity index (χ0) is 13.7. The van der Waals surface area contributed by atoms with Gasteiger partial charge in [0.2, 0.25) is 5.75 Å². The Morgan fingerprint density at radius 3 is 3.00 bits per heavy atom. The summed E-state index contributed by atoms with van der Waals surface area (Å²) in [4.78, 5) is 10.8. The molecule has 106 valence electrons. The normalized spacial score (nSPS) is 19.3. The SMILES string of the molecule is CCCC1CCCCN1c1ncnc(NN)c1OC. The number of anilines is 2. The van der Waals surface area contributed by atoms with E-state index in [2.05, 4.69) is 27.2 Å². The van der Waals surface area contributed by atoms with Gasteiger partial charge in [-0.15, -0.1) is 0 Å². The van der Waals surface area contributed by atoms with Crippen LogP contribution < -0.4 is 20.9 Å². The molecule has 1 aliphatic heterocycles. The van der Waals surface area contributed by atoms with Crippen LogP contribution in [0.5, 0.6) is 5.75 Å². The minimum Gasteiger partial charge on any atom is -0.490 e. The number of nitrogens with zero attached hydrogens (tertiary/aromatic N) is 3. The van der Waals surface area contributed by atoms with Crippen molar-refractivity contribution in [2.45, 2.75) is 45.1 Å². The zero-order valence-electron chi connectivity index (χ0n) is 11.7. The molecule has 0 aliphatic carbocycles. The first kappa shape index (κ1) is 13.9. The highest BCUT2D eigenvalue weighted by Gasteiger charge is 2.26. The minimum atomic E-state index is 0.535. The van der Waals surface area contributed by atoms with Gasteiger partial charge in [0.1, 0.15) is 6.33 Å². The van der Waals surface area contributed by atoms with Crippen LogP contribution in [0.3, 0.4) is 0 Å². The number of hydrogen-bond acceptors (Lipinski definition) is 6. The highest BCUT2D eigenvalue weighted by molar-refractivity contribution is 5.64. The summed E-state index contributed by atoms with van der Waals surface area (Å²) in [5.41, 5.74) is 2.57. The summed E-state index contributed by atoms with van der Waals surface area (Å²) in [5, 5.41) is 0. The topological polar surface area (TPSA) is 76.3 Å². The van der Waals surface area contributed by atoms with Crippen molar-refractivity contribution in [1.29, 1.82) is 0 Å². The third kappa shape index (κ3) is 2.89. The van der Waals surface area contributed by atoms with Gasteiger partial charge in [0.25, 0.3) is 0 Å². The maximum Gasteiger partial charge on any atom is 0.205 e. The molecule has 19 heavy (non-hydrogen) atoms. The smallest absolute Gasteiger partial charge is 0.205 e. The van der Waals surface area contributed by atoms with E-state index < -0.39 is 0 Å². The molecule has 3 N–H and O–H groups in total. The van der Waals surface area contributed by atoms with Gasteiger partial charge in [-0.3, -0.25) is 0 Å². The fraction of sp³-hybridized carbons (Fsp3) is 0.692. The van der Waals surface area contributed by atoms with Gasteiger partial charge in [0.15, 0.2) is 11.6 Å². The molecule has 6 nitrogen and oxygen atoms in total. The van der Waals surface area contributed by atoms with E-state index in [-0.39, 0.29) is 0 Å². The highest BCUT2D eigenvalue weighted by Crippen LogP contribution is 2.35. The molecule has 1 atom stereocenters. The second-order valence-electron chi connectivity index (χ2n) is 4.86. The van der Waals surface area contributed by atoms with Crippen molar-refractivity contribution in [3.63, 3.8) is 0 Å². The van der Waals surface area contributed by atoms with E-state index in [4.69, 9.17) is 10.6 Å². The van der Waals surface area contributed by atoms with Gasteiger partial charge in [0.05, 0.1) is 7.11 Å². The number of piperidine rings is 1. The van der Waals surface area contributed by atoms with Crippen LogP contribution in [0, 0.1) is 0 Å². The number of rotatable bonds is 5. The number of nitrogen functional groups attached to an aromatic ring is 1. The monoisotopic (exact) mass is 265 g/mol. The first-order chi connectivity index (χ1) is 9.31. The van der Waals surface area contributed by atoms with E-state index in [1.165, 1.54) is 38.4 Å². The number of hydrogen-bond donors (Lipinski definition) is 2. The van der Waals surface area contributed by atoms with Crippen LogP contribution in [-0.4, -0.2) is 29.7 Å². The summed E-state index contributed by atoms with van der Waals surface area (Å²) >= 11 is 0. The van der Waals surface area contributed by atoms with Crippen LogP contribution in [0.4, 0.5) is 11.6 Å². The number of ether oxygens (including phenoxy) is 1. The lowest BCUT2D eigenvalue weighted by Crippen LogP contribution is -2.40. The van der Waals surface area contributed by atoms with Crippen molar-refractivity contribution in [3.8, 4) is 5.75 Å². The third-order valence-corrected chi connectivity index (χ3v) is 3.65. The van der Waals surface area contributed by atoms with Gasteiger partial charge in [-0.05, 0) is 25.7 Å². The molecule has 1 saturated heterocycles. The van der Waals surface area contributed by atoms with Crippen molar-refractivity contribution in [2.24, 2.45) is 5.84 Å². The molecule has 2 rings (SSSR count). The van der Waals surface area contributed by atoms with Crippen molar-refractivity contribution >= 4 is 11.6 Å². The van der Waals surface area contributed by atoms with Gasteiger partial charge >= 0.3 is 0 Å². The number of aromatic nitrogens is 2. The summed E-state index contributed by atoms with van der Waals surface area (Å²) in [6.07, 6.45) is 7.58. The number of nitrogens with two attached hydrogens (primary N) is 1. The average molecular weight is 265 g/mol. The first-order valence-corrected chi connectivity index (χ1v) is 6.94. The Morgan fingerprint density at radius 2 is 2.32 bits per heavy atom. The Balaban J connectivity index is 2.32. The lowest BCUT2D eigenvalue weighted by Gasteiger charge is -2.37. The summed E-state index contributed by atoms with van der Waals surface area (Å²) in [6.45, 7) is 3.24. The molecule has 0 radical (unpaired) electrons. The van der Waals surface area contributed by atoms with E-state index in [1.807, 2.05) is 0 Å². The Bertz CT molecular complexity index is 410.